The minimum atomic E-state index is -0.242. The normalized spacial score (nSPS) is 10.8. The van der Waals surface area contributed by atoms with Gasteiger partial charge >= 0.3 is 0 Å². The third-order valence-corrected chi connectivity index (χ3v) is 4.09. The van der Waals surface area contributed by atoms with Gasteiger partial charge in [0, 0.05) is 24.2 Å². The van der Waals surface area contributed by atoms with E-state index in [9.17, 15) is 4.79 Å². The molecule has 0 saturated heterocycles. The highest BCUT2D eigenvalue weighted by Crippen LogP contribution is 2.19. The second-order valence-electron chi connectivity index (χ2n) is 5.88. The third-order valence-electron chi connectivity index (χ3n) is 4.09. The Labute approximate surface area is 149 Å². The van der Waals surface area contributed by atoms with E-state index in [0.717, 1.165) is 16.9 Å². The predicted octanol–water partition coefficient (Wildman–Crippen LogP) is 3.08. The third kappa shape index (κ3) is 2.90. The number of amides is 1. The van der Waals surface area contributed by atoms with E-state index in [1.165, 1.54) is 0 Å². The van der Waals surface area contributed by atoms with Crippen molar-refractivity contribution in [3.05, 3.63) is 71.9 Å². The van der Waals surface area contributed by atoms with E-state index in [1.54, 1.807) is 59.7 Å². The molecule has 0 bridgehead atoms. The van der Waals surface area contributed by atoms with Gasteiger partial charge in [-0.05, 0) is 50.2 Å². The van der Waals surface area contributed by atoms with E-state index >= 15 is 0 Å². The molecule has 0 spiro atoms. The summed E-state index contributed by atoms with van der Waals surface area (Å²) in [5, 5.41) is 7.07. The number of nitrogens with zero attached hydrogens (tertiary/aromatic N) is 5. The Morgan fingerprint density at radius 1 is 1.00 bits per heavy atom. The van der Waals surface area contributed by atoms with Crippen molar-refractivity contribution in [1.82, 2.24) is 24.7 Å². The summed E-state index contributed by atoms with van der Waals surface area (Å²) in [7, 11) is 0. The minimum Gasteiger partial charge on any atom is -0.319 e. The standard InChI is InChI=1S/C19H16N6O/c1-12-13(2)23-17-11-14(6-7-15(17)22-12)19(26)24-16-5-3-8-20-18(16)25-10-4-9-21-25/h3-11H,1-2H3,(H,24,26). The van der Waals surface area contributed by atoms with Crippen LogP contribution in [0.15, 0.2) is 55.0 Å². The number of benzene rings is 1. The molecule has 1 aromatic carbocycles. The van der Waals surface area contributed by atoms with Gasteiger partial charge in [0.2, 0.25) is 0 Å². The van der Waals surface area contributed by atoms with Gasteiger partial charge < -0.3 is 5.32 Å². The second-order valence-corrected chi connectivity index (χ2v) is 5.88. The largest absolute Gasteiger partial charge is 0.319 e. The number of hydrogen-bond donors (Lipinski definition) is 1. The van der Waals surface area contributed by atoms with Crippen LogP contribution in [0.4, 0.5) is 5.69 Å². The zero-order valence-electron chi connectivity index (χ0n) is 14.3. The number of fused-ring (bicyclic) bond motifs is 1. The number of anilines is 1. The van der Waals surface area contributed by atoms with Crippen molar-refractivity contribution >= 4 is 22.6 Å². The topological polar surface area (TPSA) is 85.6 Å². The molecule has 0 aliphatic carbocycles. The number of carbonyl (C=O) groups excluding carboxylic acids is 1. The van der Waals surface area contributed by atoms with E-state index in [4.69, 9.17) is 0 Å². The minimum absolute atomic E-state index is 0.242. The van der Waals surface area contributed by atoms with Crippen molar-refractivity contribution in [3.8, 4) is 5.82 Å². The molecule has 1 N–H and O–H groups in total. The van der Waals surface area contributed by atoms with Gasteiger partial charge in [-0.3, -0.25) is 4.79 Å². The fourth-order valence-electron chi connectivity index (χ4n) is 2.64. The molecule has 1 amide bonds. The number of rotatable bonds is 3. The summed E-state index contributed by atoms with van der Waals surface area (Å²) in [5.41, 5.74) is 4.28. The number of carbonyl (C=O) groups is 1. The lowest BCUT2D eigenvalue weighted by Gasteiger charge is -2.10. The molecule has 0 aliphatic rings. The van der Waals surface area contributed by atoms with Gasteiger partial charge in [-0.15, -0.1) is 0 Å². The van der Waals surface area contributed by atoms with Crippen molar-refractivity contribution in [2.75, 3.05) is 5.32 Å². The fraction of sp³-hybridized carbons (Fsp3) is 0.105. The molecular weight excluding hydrogens is 328 g/mol. The first-order chi connectivity index (χ1) is 12.6. The van der Waals surface area contributed by atoms with Crippen molar-refractivity contribution < 1.29 is 4.79 Å². The van der Waals surface area contributed by atoms with Gasteiger partial charge in [0.25, 0.3) is 5.91 Å². The molecule has 4 rings (SSSR count). The van der Waals surface area contributed by atoms with Crippen LogP contribution in [0.3, 0.4) is 0 Å². The molecule has 0 fully saturated rings. The van der Waals surface area contributed by atoms with E-state index in [1.807, 2.05) is 13.8 Å². The Bertz CT molecular complexity index is 1100. The van der Waals surface area contributed by atoms with E-state index in [0.29, 0.717) is 22.6 Å². The molecule has 4 aromatic rings. The summed E-state index contributed by atoms with van der Waals surface area (Å²) in [5.74, 6) is 0.311. The Morgan fingerprint density at radius 3 is 2.58 bits per heavy atom. The predicted molar refractivity (Wildman–Crippen MR) is 98.3 cm³/mol. The van der Waals surface area contributed by atoms with Crippen molar-refractivity contribution in [3.63, 3.8) is 0 Å². The maximum atomic E-state index is 12.7. The summed E-state index contributed by atoms with van der Waals surface area (Å²) in [6.45, 7) is 3.82. The summed E-state index contributed by atoms with van der Waals surface area (Å²) < 4.78 is 1.60. The van der Waals surface area contributed by atoms with Crippen molar-refractivity contribution in [2.24, 2.45) is 0 Å². The second kappa shape index (κ2) is 6.36. The molecular formula is C19H16N6O. The van der Waals surface area contributed by atoms with Crippen LogP contribution in [-0.2, 0) is 0 Å². The van der Waals surface area contributed by atoms with Crippen LogP contribution in [0.25, 0.3) is 16.9 Å². The molecule has 3 heterocycles. The van der Waals surface area contributed by atoms with Crippen LogP contribution in [0.1, 0.15) is 21.7 Å². The summed E-state index contributed by atoms with van der Waals surface area (Å²) in [6, 6.07) is 10.6. The van der Waals surface area contributed by atoms with Gasteiger partial charge in [-0.1, -0.05) is 0 Å². The number of hydrogen-bond acceptors (Lipinski definition) is 5. The molecule has 0 unspecified atom stereocenters. The number of aryl methyl sites for hydroxylation is 2. The zero-order valence-corrected chi connectivity index (χ0v) is 14.3. The van der Waals surface area contributed by atoms with E-state index in [2.05, 4.69) is 25.4 Å². The van der Waals surface area contributed by atoms with Gasteiger partial charge in [0.1, 0.15) is 0 Å². The lowest BCUT2D eigenvalue weighted by Crippen LogP contribution is -2.15. The maximum absolute atomic E-state index is 12.7. The molecule has 128 valence electrons. The Kier molecular flexibility index (Phi) is 3.89. The fourth-order valence-corrected chi connectivity index (χ4v) is 2.64. The van der Waals surface area contributed by atoms with Crippen LogP contribution in [-0.4, -0.2) is 30.6 Å². The highest BCUT2D eigenvalue weighted by atomic mass is 16.1. The average molecular weight is 344 g/mol. The Balaban J connectivity index is 1.67. The van der Waals surface area contributed by atoms with Gasteiger partial charge in [-0.2, -0.15) is 5.10 Å². The number of pyridine rings is 1. The summed E-state index contributed by atoms with van der Waals surface area (Å²) in [4.78, 5) is 26.0. The lowest BCUT2D eigenvalue weighted by atomic mass is 10.1. The van der Waals surface area contributed by atoms with Crippen LogP contribution in [0, 0.1) is 13.8 Å². The molecule has 0 aliphatic heterocycles. The maximum Gasteiger partial charge on any atom is 0.255 e. The summed E-state index contributed by atoms with van der Waals surface area (Å²) >= 11 is 0. The molecule has 0 atom stereocenters. The van der Waals surface area contributed by atoms with Crippen molar-refractivity contribution in [1.29, 1.82) is 0 Å². The van der Waals surface area contributed by atoms with Crippen LogP contribution in [0.2, 0.25) is 0 Å². The molecule has 7 nitrogen and oxygen atoms in total. The first-order valence-corrected chi connectivity index (χ1v) is 8.13. The monoisotopic (exact) mass is 344 g/mol. The molecule has 3 aromatic heterocycles. The van der Waals surface area contributed by atoms with Gasteiger partial charge in [0.15, 0.2) is 5.82 Å². The van der Waals surface area contributed by atoms with Crippen LogP contribution >= 0.6 is 0 Å². The smallest absolute Gasteiger partial charge is 0.255 e. The quantitative estimate of drug-likeness (QED) is 0.617. The molecule has 0 saturated carbocycles. The lowest BCUT2D eigenvalue weighted by molar-refractivity contribution is 0.102. The first kappa shape index (κ1) is 15.9. The summed E-state index contributed by atoms with van der Waals surface area (Å²) in [6.07, 6.45) is 5.09. The van der Waals surface area contributed by atoms with Crippen LogP contribution in [0.5, 0.6) is 0 Å². The zero-order chi connectivity index (χ0) is 18.1. The van der Waals surface area contributed by atoms with Crippen molar-refractivity contribution in [2.45, 2.75) is 13.8 Å². The molecule has 26 heavy (non-hydrogen) atoms. The first-order valence-electron chi connectivity index (χ1n) is 8.13. The van der Waals surface area contributed by atoms with Gasteiger partial charge in [-0.25, -0.2) is 19.6 Å². The molecule has 7 heteroatoms. The highest BCUT2D eigenvalue weighted by molar-refractivity contribution is 6.06. The average Bonchev–Trinajstić information content (AvgIpc) is 3.17. The SMILES string of the molecule is Cc1nc2ccc(C(=O)Nc3cccnc3-n3cccn3)cc2nc1C. The Hall–Kier alpha value is -3.61. The van der Waals surface area contributed by atoms with Gasteiger partial charge in [0.05, 0.1) is 28.1 Å². The molecule has 0 radical (unpaired) electrons. The Morgan fingerprint density at radius 2 is 1.81 bits per heavy atom. The number of nitrogens with one attached hydrogen (secondary N) is 1. The highest BCUT2D eigenvalue weighted by Gasteiger charge is 2.13. The van der Waals surface area contributed by atoms with E-state index in [-0.39, 0.29) is 5.91 Å². The number of aromatic nitrogens is 5. The van der Waals surface area contributed by atoms with Crippen LogP contribution < -0.4 is 5.32 Å². The van der Waals surface area contributed by atoms with E-state index < -0.39 is 0 Å².